The first-order valence-corrected chi connectivity index (χ1v) is 7.74. The fourth-order valence-corrected chi connectivity index (χ4v) is 2.85. The van der Waals surface area contributed by atoms with E-state index in [1.54, 1.807) is 0 Å². The van der Waals surface area contributed by atoms with Gasteiger partial charge in [-0.2, -0.15) is 5.26 Å². The Morgan fingerprint density at radius 3 is 2.55 bits per heavy atom. The van der Waals surface area contributed by atoms with Gasteiger partial charge in [-0.05, 0) is 69.1 Å². The number of nitrogens with zero attached hydrogens (tertiary/aromatic N) is 2. The van der Waals surface area contributed by atoms with Crippen molar-refractivity contribution in [1.29, 1.82) is 5.26 Å². The highest BCUT2D eigenvalue weighted by atomic mass is 15.1. The molecule has 0 aliphatic carbocycles. The van der Waals surface area contributed by atoms with Gasteiger partial charge in [-0.1, -0.05) is 19.1 Å². The summed E-state index contributed by atoms with van der Waals surface area (Å²) in [6.45, 7) is 8.05. The van der Waals surface area contributed by atoms with Crippen molar-refractivity contribution in [3.63, 3.8) is 0 Å². The fraction of sp³-hybridized carbons (Fsp3) is 0.588. The molecule has 20 heavy (non-hydrogen) atoms. The number of nitrogens with one attached hydrogen (secondary N) is 1. The summed E-state index contributed by atoms with van der Waals surface area (Å²) in [5, 5.41) is 12.3. The summed E-state index contributed by atoms with van der Waals surface area (Å²) < 4.78 is 0. The first-order chi connectivity index (χ1) is 9.81. The molecule has 0 aromatic heterocycles. The molecule has 1 saturated heterocycles. The lowest BCUT2D eigenvalue weighted by Gasteiger charge is -2.31. The van der Waals surface area contributed by atoms with Crippen molar-refractivity contribution >= 4 is 0 Å². The minimum atomic E-state index is 0.733. The Labute approximate surface area is 122 Å². The van der Waals surface area contributed by atoms with Gasteiger partial charge >= 0.3 is 0 Å². The van der Waals surface area contributed by atoms with Crippen molar-refractivity contribution in [3.05, 3.63) is 35.4 Å². The van der Waals surface area contributed by atoms with E-state index in [0.29, 0.717) is 0 Å². The smallest absolute Gasteiger partial charge is 0.0991 e. The maximum Gasteiger partial charge on any atom is 0.0991 e. The normalized spacial score (nSPS) is 17.0. The van der Waals surface area contributed by atoms with E-state index in [0.717, 1.165) is 24.6 Å². The molecule has 2 rings (SSSR count). The highest BCUT2D eigenvalue weighted by molar-refractivity contribution is 5.31. The third-order valence-corrected chi connectivity index (χ3v) is 4.09. The van der Waals surface area contributed by atoms with Crippen LogP contribution in [-0.4, -0.2) is 31.1 Å². The quantitative estimate of drug-likeness (QED) is 0.864. The van der Waals surface area contributed by atoms with Crippen LogP contribution in [0.4, 0.5) is 0 Å². The van der Waals surface area contributed by atoms with Gasteiger partial charge in [-0.15, -0.1) is 0 Å². The number of benzene rings is 1. The summed E-state index contributed by atoms with van der Waals surface area (Å²) >= 11 is 0. The van der Waals surface area contributed by atoms with Gasteiger partial charge in [0, 0.05) is 6.54 Å². The first kappa shape index (κ1) is 15.0. The average molecular weight is 271 g/mol. The van der Waals surface area contributed by atoms with Crippen molar-refractivity contribution < 1.29 is 0 Å². The third-order valence-electron chi connectivity index (χ3n) is 4.09. The summed E-state index contributed by atoms with van der Waals surface area (Å²) in [7, 11) is 0. The molecule has 108 valence electrons. The Morgan fingerprint density at radius 1 is 1.25 bits per heavy atom. The van der Waals surface area contributed by atoms with Crippen LogP contribution in [0.15, 0.2) is 24.3 Å². The number of hydrogen-bond acceptors (Lipinski definition) is 3. The number of piperidine rings is 1. The number of rotatable bonds is 6. The SMILES string of the molecule is CCCN1CCC(CNCc2ccc(C#N)cc2)CC1. The van der Waals surface area contributed by atoms with Crippen LogP contribution < -0.4 is 5.32 Å². The highest BCUT2D eigenvalue weighted by Gasteiger charge is 2.17. The topological polar surface area (TPSA) is 39.1 Å². The van der Waals surface area contributed by atoms with Gasteiger partial charge in [0.15, 0.2) is 0 Å². The Hall–Kier alpha value is -1.37. The van der Waals surface area contributed by atoms with Gasteiger partial charge in [-0.3, -0.25) is 0 Å². The van der Waals surface area contributed by atoms with Crippen LogP contribution in [0.3, 0.4) is 0 Å². The zero-order valence-corrected chi connectivity index (χ0v) is 12.4. The molecule has 1 N–H and O–H groups in total. The molecule has 0 unspecified atom stereocenters. The molecule has 3 nitrogen and oxygen atoms in total. The van der Waals surface area contributed by atoms with Gasteiger partial charge in [-0.25, -0.2) is 0 Å². The van der Waals surface area contributed by atoms with Gasteiger partial charge < -0.3 is 10.2 Å². The van der Waals surface area contributed by atoms with Crippen LogP contribution >= 0.6 is 0 Å². The number of hydrogen-bond donors (Lipinski definition) is 1. The summed E-state index contributed by atoms with van der Waals surface area (Å²) in [5.41, 5.74) is 1.99. The van der Waals surface area contributed by atoms with Crippen LogP contribution in [0.2, 0.25) is 0 Å². The highest BCUT2D eigenvalue weighted by Crippen LogP contribution is 2.16. The van der Waals surface area contributed by atoms with E-state index >= 15 is 0 Å². The summed E-state index contributed by atoms with van der Waals surface area (Å²) in [4.78, 5) is 2.58. The standard InChI is InChI=1S/C17H25N3/c1-2-9-20-10-7-17(8-11-20)14-19-13-16-5-3-15(12-18)4-6-16/h3-6,17,19H,2,7-11,13-14H2,1H3. The Bertz CT molecular complexity index is 425. The Morgan fingerprint density at radius 2 is 1.95 bits per heavy atom. The lowest BCUT2D eigenvalue weighted by Crippen LogP contribution is -2.37. The molecule has 0 amide bonds. The molecule has 1 aromatic rings. The third kappa shape index (κ3) is 4.63. The van der Waals surface area contributed by atoms with E-state index in [4.69, 9.17) is 5.26 Å². The van der Waals surface area contributed by atoms with Crippen molar-refractivity contribution in [1.82, 2.24) is 10.2 Å². The minimum absolute atomic E-state index is 0.733. The number of nitriles is 1. The van der Waals surface area contributed by atoms with E-state index in [1.807, 2.05) is 24.3 Å². The average Bonchev–Trinajstić information content (AvgIpc) is 2.50. The van der Waals surface area contributed by atoms with Gasteiger partial charge in [0.1, 0.15) is 0 Å². The molecule has 0 atom stereocenters. The largest absolute Gasteiger partial charge is 0.312 e. The van der Waals surface area contributed by atoms with Crippen LogP contribution in [0.1, 0.15) is 37.3 Å². The van der Waals surface area contributed by atoms with Crippen molar-refractivity contribution in [3.8, 4) is 6.07 Å². The van der Waals surface area contributed by atoms with E-state index in [1.165, 1.54) is 44.5 Å². The predicted octanol–water partition coefficient (Wildman–Crippen LogP) is 2.77. The Kier molecular flexibility index (Phi) is 6.04. The van der Waals surface area contributed by atoms with E-state index in [2.05, 4.69) is 23.2 Å². The zero-order valence-electron chi connectivity index (χ0n) is 12.4. The van der Waals surface area contributed by atoms with Gasteiger partial charge in [0.05, 0.1) is 11.6 Å². The molecule has 1 aromatic carbocycles. The van der Waals surface area contributed by atoms with Gasteiger partial charge in [0.25, 0.3) is 0 Å². The van der Waals surface area contributed by atoms with Crippen LogP contribution in [-0.2, 0) is 6.54 Å². The van der Waals surface area contributed by atoms with Crippen molar-refractivity contribution in [2.24, 2.45) is 5.92 Å². The summed E-state index contributed by atoms with van der Waals surface area (Å²) in [5.74, 6) is 0.821. The molecule has 0 saturated carbocycles. The molecule has 0 radical (unpaired) electrons. The molecule has 1 heterocycles. The fourth-order valence-electron chi connectivity index (χ4n) is 2.85. The second-order valence-corrected chi connectivity index (χ2v) is 5.72. The van der Waals surface area contributed by atoms with E-state index in [-0.39, 0.29) is 0 Å². The molecule has 1 aliphatic heterocycles. The van der Waals surface area contributed by atoms with Crippen molar-refractivity contribution in [2.45, 2.75) is 32.7 Å². The van der Waals surface area contributed by atoms with Crippen LogP contribution in [0.25, 0.3) is 0 Å². The van der Waals surface area contributed by atoms with E-state index in [9.17, 15) is 0 Å². The molecule has 1 aliphatic rings. The van der Waals surface area contributed by atoms with Gasteiger partial charge in [0.2, 0.25) is 0 Å². The Balaban J connectivity index is 1.65. The molecular weight excluding hydrogens is 246 g/mol. The first-order valence-electron chi connectivity index (χ1n) is 7.74. The predicted molar refractivity (Wildman–Crippen MR) is 82.3 cm³/mol. The van der Waals surface area contributed by atoms with Crippen molar-refractivity contribution in [2.75, 3.05) is 26.2 Å². The summed E-state index contributed by atoms with van der Waals surface area (Å²) in [6.07, 6.45) is 3.91. The molecule has 0 bridgehead atoms. The molecule has 3 heteroatoms. The maximum atomic E-state index is 8.76. The summed E-state index contributed by atoms with van der Waals surface area (Å²) in [6, 6.07) is 10.0. The second kappa shape index (κ2) is 8.04. The maximum absolute atomic E-state index is 8.76. The monoisotopic (exact) mass is 271 g/mol. The molecule has 1 fully saturated rings. The lowest BCUT2D eigenvalue weighted by atomic mass is 9.96. The zero-order chi connectivity index (χ0) is 14.2. The second-order valence-electron chi connectivity index (χ2n) is 5.72. The lowest BCUT2D eigenvalue weighted by molar-refractivity contribution is 0.182. The van der Waals surface area contributed by atoms with Crippen LogP contribution in [0.5, 0.6) is 0 Å². The number of likely N-dealkylation sites (tertiary alicyclic amines) is 1. The molecular formula is C17H25N3. The van der Waals surface area contributed by atoms with E-state index < -0.39 is 0 Å². The molecule has 0 spiro atoms. The minimum Gasteiger partial charge on any atom is -0.312 e. The van der Waals surface area contributed by atoms with Crippen LogP contribution in [0, 0.1) is 17.2 Å².